The zero-order chi connectivity index (χ0) is 21.8. The van der Waals surface area contributed by atoms with E-state index in [0.29, 0.717) is 29.2 Å². The third kappa shape index (κ3) is 3.57. The van der Waals surface area contributed by atoms with Crippen molar-refractivity contribution in [1.29, 1.82) is 0 Å². The predicted molar refractivity (Wildman–Crippen MR) is 117 cm³/mol. The molecule has 1 unspecified atom stereocenters. The summed E-state index contributed by atoms with van der Waals surface area (Å²) in [6.07, 6.45) is 5.09. The van der Waals surface area contributed by atoms with E-state index in [9.17, 15) is 9.90 Å². The van der Waals surface area contributed by atoms with Crippen LogP contribution in [0.25, 0.3) is 10.9 Å². The lowest BCUT2D eigenvalue weighted by molar-refractivity contribution is -0.936. The lowest BCUT2D eigenvalue weighted by Crippen LogP contribution is -3.13. The number of carbonyl (C=O) groups excluding carboxylic acids is 1. The number of hydrogen-bond acceptors (Lipinski definition) is 4. The van der Waals surface area contributed by atoms with Crippen molar-refractivity contribution >= 4 is 22.5 Å². The Kier molecular flexibility index (Phi) is 4.55. The average Bonchev–Trinajstić information content (AvgIpc) is 3.37. The van der Waals surface area contributed by atoms with Gasteiger partial charge in [-0.2, -0.15) is 0 Å². The molecule has 3 atom stereocenters. The molecule has 2 aliphatic rings. The van der Waals surface area contributed by atoms with Gasteiger partial charge in [0, 0.05) is 23.6 Å². The Morgan fingerprint density at radius 2 is 2.03 bits per heavy atom. The number of para-hydroxylation sites is 1. The molecule has 162 valence electrons. The van der Waals surface area contributed by atoms with Gasteiger partial charge >= 0.3 is 5.91 Å². The van der Waals surface area contributed by atoms with Crippen molar-refractivity contribution in [2.45, 2.75) is 52.7 Å². The molecule has 1 saturated heterocycles. The highest BCUT2D eigenvalue weighted by atomic mass is 16.3. The number of benzene rings is 1. The van der Waals surface area contributed by atoms with E-state index in [1.54, 1.807) is 12.1 Å². The number of azo groups is 1. The molecule has 7 nitrogen and oxygen atoms in total. The second kappa shape index (κ2) is 7.05. The van der Waals surface area contributed by atoms with Crippen LogP contribution in [0.5, 0.6) is 5.88 Å². The first-order valence-corrected chi connectivity index (χ1v) is 10.9. The first-order valence-electron chi connectivity index (χ1n) is 10.9. The fraction of sp³-hybridized carbons (Fsp3) is 0.458. The molecular weight excluding hydrogens is 392 g/mol. The van der Waals surface area contributed by atoms with Gasteiger partial charge in [0.05, 0.1) is 24.4 Å². The third-order valence-corrected chi connectivity index (χ3v) is 6.93. The fourth-order valence-corrected chi connectivity index (χ4v) is 6.21. The van der Waals surface area contributed by atoms with E-state index in [-0.39, 0.29) is 11.6 Å². The fourth-order valence-electron chi connectivity index (χ4n) is 6.21. The van der Waals surface area contributed by atoms with Crippen LogP contribution in [0.1, 0.15) is 50.6 Å². The molecule has 1 saturated carbocycles. The van der Waals surface area contributed by atoms with Crippen LogP contribution < -0.4 is 4.90 Å². The molecule has 0 radical (unpaired) electrons. The number of likely N-dealkylation sites (tertiary alicyclic amines) is 1. The lowest BCUT2D eigenvalue weighted by atomic mass is 9.65. The molecule has 2 fully saturated rings. The number of aromatic hydroxyl groups is 1. The van der Waals surface area contributed by atoms with Gasteiger partial charge in [-0.25, -0.2) is 0 Å². The van der Waals surface area contributed by atoms with Crippen molar-refractivity contribution in [2.75, 3.05) is 6.54 Å². The van der Waals surface area contributed by atoms with Crippen LogP contribution in [0.15, 0.2) is 57.3 Å². The van der Waals surface area contributed by atoms with E-state index in [4.69, 9.17) is 4.42 Å². The van der Waals surface area contributed by atoms with Gasteiger partial charge in [-0.15, -0.1) is 10.2 Å². The highest BCUT2D eigenvalue weighted by Crippen LogP contribution is 2.47. The summed E-state index contributed by atoms with van der Waals surface area (Å²) in [4.78, 5) is 13.7. The van der Waals surface area contributed by atoms with Crippen molar-refractivity contribution in [1.82, 2.24) is 4.57 Å². The molecule has 1 aromatic carbocycles. The van der Waals surface area contributed by atoms with E-state index in [1.807, 2.05) is 28.8 Å². The largest absolute Gasteiger partial charge is 0.493 e. The number of quaternary nitrogens is 1. The van der Waals surface area contributed by atoms with Crippen molar-refractivity contribution in [3.05, 3.63) is 48.4 Å². The van der Waals surface area contributed by atoms with Crippen LogP contribution in [-0.2, 0) is 6.67 Å². The Balaban J connectivity index is 1.48. The first kappa shape index (κ1) is 20.0. The molecule has 1 aliphatic heterocycles. The van der Waals surface area contributed by atoms with Crippen LogP contribution >= 0.6 is 0 Å². The zero-order valence-corrected chi connectivity index (χ0v) is 18.3. The summed E-state index contributed by atoms with van der Waals surface area (Å²) in [5.41, 5.74) is 1.92. The Morgan fingerprint density at radius 1 is 1.23 bits per heavy atom. The van der Waals surface area contributed by atoms with Crippen LogP contribution in [0.3, 0.4) is 0 Å². The lowest BCUT2D eigenvalue weighted by Gasteiger charge is -2.37. The van der Waals surface area contributed by atoms with Gasteiger partial charge in [0.25, 0.3) is 0 Å². The van der Waals surface area contributed by atoms with Gasteiger partial charge in [-0.1, -0.05) is 39.0 Å². The zero-order valence-electron chi connectivity index (χ0n) is 18.3. The van der Waals surface area contributed by atoms with E-state index in [1.165, 1.54) is 30.4 Å². The Hall–Kier alpha value is -2.93. The van der Waals surface area contributed by atoms with Gasteiger partial charge in [0.2, 0.25) is 5.88 Å². The molecule has 2 aromatic heterocycles. The first-order chi connectivity index (χ1) is 14.7. The number of fused-ring (bicyclic) bond motifs is 3. The van der Waals surface area contributed by atoms with Crippen LogP contribution in [-0.4, -0.2) is 28.2 Å². The molecular formula is C24H29N4O3+. The molecule has 31 heavy (non-hydrogen) atoms. The Labute approximate surface area is 181 Å². The summed E-state index contributed by atoms with van der Waals surface area (Å²) in [6.45, 7) is 8.92. The highest BCUT2D eigenvalue weighted by molar-refractivity contribution is 5.96. The minimum Gasteiger partial charge on any atom is -0.493 e. The average molecular weight is 422 g/mol. The molecule has 5 rings (SSSR count). The summed E-state index contributed by atoms with van der Waals surface area (Å²) < 4.78 is 7.01. The summed E-state index contributed by atoms with van der Waals surface area (Å²) in [5.74, 6) is -0.400. The maximum Gasteiger partial charge on any atom is 0.331 e. The smallest absolute Gasteiger partial charge is 0.331 e. The number of amides is 1. The predicted octanol–water partition coefficient (Wildman–Crippen LogP) is 4.31. The van der Waals surface area contributed by atoms with Crippen molar-refractivity contribution in [2.24, 2.45) is 21.1 Å². The van der Waals surface area contributed by atoms with Gasteiger partial charge in [-0.05, 0) is 30.0 Å². The van der Waals surface area contributed by atoms with E-state index in [0.717, 1.165) is 17.4 Å². The van der Waals surface area contributed by atoms with Gasteiger partial charge in [-0.3, -0.25) is 9.36 Å². The summed E-state index contributed by atoms with van der Waals surface area (Å²) in [7, 11) is 0. The monoisotopic (exact) mass is 421 g/mol. The maximum absolute atomic E-state index is 12.2. The van der Waals surface area contributed by atoms with Crippen molar-refractivity contribution in [3.8, 4) is 5.88 Å². The summed E-state index contributed by atoms with van der Waals surface area (Å²) in [6, 6.07) is 11.5. The number of carbonyl (C=O) groups is 1. The SMILES string of the molecule is CC1(C)C[C@H]2C[C@](C)(C[NH+]2Cn2c(O)c(N=NC(=O)c3ccco3)c3ccccc32)C1. The molecule has 2 bridgehead atoms. The van der Waals surface area contributed by atoms with Crippen molar-refractivity contribution < 1.29 is 19.2 Å². The van der Waals surface area contributed by atoms with E-state index in [2.05, 4.69) is 31.0 Å². The molecule has 7 heteroatoms. The molecule has 3 aromatic rings. The van der Waals surface area contributed by atoms with Gasteiger partial charge in [0.15, 0.2) is 18.1 Å². The van der Waals surface area contributed by atoms with Crippen LogP contribution in [0.4, 0.5) is 5.69 Å². The number of aromatic nitrogens is 1. The second-order valence-corrected chi connectivity index (χ2v) is 10.3. The Morgan fingerprint density at radius 3 is 2.81 bits per heavy atom. The van der Waals surface area contributed by atoms with Crippen LogP contribution in [0, 0.1) is 10.8 Å². The number of hydrogen-bond donors (Lipinski definition) is 2. The van der Waals surface area contributed by atoms with E-state index < -0.39 is 5.91 Å². The molecule has 1 aliphatic carbocycles. The quantitative estimate of drug-likeness (QED) is 0.616. The number of nitrogens with zero attached hydrogens (tertiary/aromatic N) is 3. The normalized spacial score (nSPS) is 27.3. The Bertz CT molecular complexity index is 1160. The standard InChI is InChI=1S/C24H28N4O3/c1-23(2)11-16-12-24(3,13-23)14-27(16)15-28-18-8-5-4-7-17(18)20(22(28)30)25-26-21(29)19-9-6-10-31-19/h4-10,16,30H,11-15H2,1-3H3/p+1/t16-,24-/m0/s1. The number of rotatable bonds is 4. The molecule has 1 amide bonds. The minimum atomic E-state index is -0.574. The van der Waals surface area contributed by atoms with E-state index >= 15 is 0 Å². The van der Waals surface area contributed by atoms with Crippen LogP contribution in [0.2, 0.25) is 0 Å². The topological polar surface area (TPSA) is 84.5 Å². The second-order valence-electron chi connectivity index (χ2n) is 10.3. The highest BCUT2D eigenvalue weighted by Gasteiger charge is 2.52. The molecule has 2 N–H and O–H groups in total. The molecule has 3 heterocycles. The third-order valence-electron chi connectivity index (χ3n) is 6.93. The molecule has 0 spiro atoms. The summed E-state index contributed by atoms with van der Waals surface area (Å²) in [5, 5.41) is 19.8. The number of nitrogens with one attached hydrogen (secondary N) is 1. The van der Waals surface area contributed by atoms with Gasteiger partial charge in [0.1, 0.15) is 0 Å². The number of furan rings is 1. The summed E-state index contributed by atoms with van der Waals surface area (Å²) >= 11 is 0. The minimum absolute atomic E-state index is 0.0514. The van der Waals surface area contributed by atoms with Gasteiger partial charge < -0.3 is 14.4 Å². The maximum atomic E-state index is 12.2. The van der Waals surface area contributed by atoms with Crippen molar-refractivity contribution in [3.63, 3.8) is 0 Å².